The predicted molar refractivity (Wildman–Crippen MR) is 79.5 cm³/mol. The van der Waals surface area contributed by atoms with Gasteiger partial charge in [0.1, 0.15) is 0 Å². The highest BCUT2D eigenvalue weighted by molar-refractivity contribution is 9.10. The van der Waals surface area contributed by atoms with E-state index in [9.17, 15) is 4.79 Å². The number of fused-ring (bicyclic) bond motifs is 1. The van der Waals surface area contributed by atoms with Gasteiger partial charge in [-0.3, -0.25) is 9.36 Å². The maximum Gasteiger partial charge on any atom is 0.282 e. The van der Waals surface area contributed by atoms with E-state index in [4.69, 9.17) is 5.73 Å². The molecule has 3 rings (SSSR count). The Labute approximate surface area is 117 Å². The van der Waals surface area contributed by atoms with Crippen LogP contribution in [0.2, 0.25) is 0 Å². The largest absolute Gasteiger partial charge is 0.369 e. The fourth-order valence-electron chi connectivity index (χ4n) is 2.05. The lowest BCUT2D eigenvalue weighted by Gasteiger charge is -2.13. The van der Waals surface area contributed by atoms with Gasteiger partial charge in [-0.15, -0.1) is 0 Å². The maximum absolute atomic E-state index is 11.8. The van der Waals surface area contributed by atoms with Crippen molar-refractivity contribution < 1.29 is 0 Å². The lowest BCUT2D eigenvalue weighted by atomic mass is 10.2. The van der Waals surface area contributed by atoms with Crippen LogP contribution in [0.15, 0.2) is 57.8 Å². The molecule has 19 heavy (non-hydrogen) atoms. The molecule has 0 bridgehead atoms. The highest BCUT2D eigenvalue weighted by atomic mass is 79.9. The molecule has 0 amide bonds. The predicted octanol–water partition coefficient (Wildman–Crippen LogP) is 2.73. The van der Waals surface area contributed by atoms with Gasteiger partial charge in [-0.2, -0.15) is 4.98 Å². The molecule has 0 unspecified atom stereocenters. The molecule has 5 heteroatoms. The van der Waals surface area contributed by atoms with Crippen LogP contribution in [-0.2, 0) is 0 Å². The molecular formula is C14H10BrN3O. The van der Waals surface area contributed by atoms with E-state index in [1.54, 1.807) is 10.6 Å². The second-order valence-electron chi connectivity index (χ2n) is 4.10. The van der Waals surface area contributed by atoms with Crippen LogP contribution in [0, 0.1) is 0 Å². The van der Waals surface area contributed by atoms with Crippen molar-refractivity contribution >= 4 is 32.8 Å². The monoisotopic (exact) mass is 315 g/mol. The van der Waals surface area contributed by atoms with Gasteiger partial charge in [0.2, 0.25) is 5.95 Å². The van der Waals surface area contributed by atoms with Crippen molar-refractivity contribution in [1.82, 2.24) is 9.55 Å². The average molecular weight is 316 g/mol. The number of anilines is 1. The van der Waals surface area contributed by atoms with Crippen LogP contribution in [0.25, 0.3) is 16.6 Å². The summed E-state index contributed by atoms with van der Waals surface area (Å²) >= 11 is 3.39. The summed E-state index contributed by atoms with van der Waals surface area (Å²) in [6.45, 7) is 0. The minimum absolute atomic E-state index is 0.186. The average Bonchev–Trinajstić information content (AvgIpc) is 2.41. The third kappa shape index (κ3) is 2.02. The van der Waals surface area contributed by atoms with Crippen molar-refractivity contribution in [3.05, 3.63) is 63.4 Å². The van der Waals surface area contributed by atoms with Gasteiger partial charge >= 0.3 is 0 Å². The summed E-state index contributed by atoms with van der Waals surface area (Å²) in [5.74, 6) is 0.186. The molecule has 1 heterocycles. The summed E-state index contributed by atoms with van der Waals surface area (Å²) in [6.07, 6.45) is 0. The van der Waals surface area contributed by atoms with E-state index < -0.39 is 0 Å². The second-order valence-corrected chi connectivity index (χ2v) is 5.02. The molecule has 0 aliphatic heterocycles. The molecule has 0 atom stereocenters. The van der Waals surface area contributed by atoms with Crippen LogP contribution in [0.1, 0.15) is 0 Å². The number of hydrogen-bond acceptors (Lipinski definition) is 3. The van der Waals surface area contributed by atoms with Crippen molar-refractivity contribution in [2.45, 2.75) is 0 Å². The molecule has 0 spiro atoms. The Kier molecular flexibility index (Phi) is 2.83. The van der Waals surface area contributed by atoms with Gasteiger partial charge in [0.15, 0.2) is 0 Å². The molecular weight excluding hydrogens is 306 g/mol. The van der Waals surface area contributed by atoms with Gasteiger partial charge in [0, 0.05) is 10.2 Å². The molecule has 2 N–H and O–H groups in total. The number of aromatic nitrogens is 2. The molecule has 0 radical (unpaired) electrons. The summed E-state index contributed by atoms with van der Waals surface area (Å²) < 4.78 is 2.75. The zero-order chi connectivity index (χ0) is 13.4. The normalized spacial score (nSPS) is 10.8. The standard InChI is InChI=1S/C14H10BrN3O/c15-9-5-7-10(8-6-9)18-12-4-2-1-3-11(12)13(19)17-14(18)16/h1-8H,(H2,16,17,19). The second kappa shape index (κ2) is 4.51. The molecule has 4 nitrogen and oxygen atoms in total. The summed E-state index contributed by atoms with van der Waals surface area (Å²) in [4.78, 5) is 15.7. The summed E-state index contributed by atoms with van der Waals surface area (Å²) in [7, 11) is 0. The van der Waals surface area contributed by atoms with E-state index >= 15 is 0 Å². The summed E-state index contributed by atoms with van der Waals surface area (Å²) in [5, 5.41) is 0.555. The Morgan fingerprint density at radius 1 is 1.05 bits per heavy atom. The fraction of sp³-hybridized carbons (Fsp3) is 0. The van der Waals surface area contributed by atoms with E-state index in [1.165, 1.54) is 0 Å². The Morgan fingerprint density at radius 3 is 2.47 bits per heavy atom. The van der Waals surface area contributed by atoms with E-state index in [0.29, 0.717) is 5.39 Å². The van der Waals surface area contributed by atoms with Crippen molar-refractivity contribution in [3.8, 4) is 5.69 Å². The molecule has 2 aromatic carbocycles. The number of benzene rings is 2. The first-order chi connectivity index (χ1) is 9.16. The molecule has 1 aromatic heterocycles. The van der Waals surface area contributed by atoms with Crippen molar-refractivity contribution in [2.75, 3.05) is 5.73 Å². The number of nitrogen functional groups attached to an aromatic ring is 1. The Balaban J connectivity index is 2.40. The van der Waals surface area contributed by atoms with Gasteiger partial charge < -0.3 is 5.73 Å². The first-order valence-electron chi connectivity index (χ1n) is 5.70. The lowest BCUT2D eigenvalue weighted by Crippen LogP contribution is -2.16. The van der Waals surface area contributed by atoms with Gasteiger partial charge in [-0.25, -0.2) is 0 Å². The highest BCUT2D eigenvalue weighted by Crippen LogP contribution is 2.20. The van der Waals surface area contributed by atoms with Gasteiger partial charge in [-0.1, -0.05) is 28.1 Å². The van der Waals surface area contributed by atoms with Crippen LogP contribution in [0.3, 0.4) is 0 Å². The van der Waals surface area contributed by atoms with E-state index in [0.717, 1.165) is 15.7 Å². The van der Waals surface area contributed by atoms with Crippen LogP contribution >= 0.6 is 15.9 Å². The Morgan fingerprint density at radius 2 is 1.74 bits per heavy atom. The van der Waals surface area contributed by atoms with Gasteiger partial charge in [0.05, 0.1) is 10.9 Å². The lowest BCUT2D eigenvalue weighted by molar-refractivity contribution is 1.04. The summed E-state index contributed by atoms with van der Waals surface area (Å²) in [6, 6.07) is 15.0. The topological polar surface area (TPSA) is 60.9 Å². The minimum atomic E-state index is -0.304. The van der Waals surface area contributed by atoms with Gasteiger partial charge in [0.25, 0.3) is 5.56 Å². The van der Waals surface area contributed by atoms with Crippen LogP contribution < -0.4 is 11.3 Å². The number of rotatable bonds is 1. The molecule has 0 saturated heterocycles. The molecule has 0 aliphatic carbocycles. The molecule has 0 saturated carbocycles. The van der Waals surface area contributed by atoms with E-state index in [1.807, 2.05) is 42.5 Å². The van der Waals surface area contributed by atoms with Crippen molar-refractivity contribution in [1.29, 1.82) is 0 Å². The van der Waals surface area contributed by atoms with Crippen LogP contribution in [0.5, 0.6) is 0 Å². The van der Waals surface area contributed by atoms with Crippen LogP contribution in [0.4, 0.5) is 5.95 Å². The first kappa shape index (κ1) is 11.9. The Bertz CT molecular complexity index is 809. The zero-order valence-electron chi connectivity index (χ0n) is 9.88. The fourth-order valence-corrected chi connectivity index (χ4v) is 2.31. The summed E-state index contributed by atoms with van der Waals surface area (Å²) in [5.41, 5.74) is 7.21. The van der Waals surface area contributed by atoms with Crippen LogP contribution in [-0.4, -0.2) is 9.55 Å². The number of nitrogens with two attached hydrogens (primary N) is 1. The third-order valence-corrected chi connectivity index (χ3v) is 3.43. The molecule has 0 fully saturated rings. The zero-order valence-corrected chi connectivity index (χ0v) is 11.5. The van der Waals surface area contributed by atoms with E-state index in [2.05, 4.69) is 20.9 Å². The maximum atomic E-state index is 11.8. The number of hydrogen-bond donors (Lipinski definition) is 1. The Hall–Kier alpha value is -2.14. The molecule has 94 valence electrons. The first-order valence-corrected chi connectivity index (χ1v) is 6.49. The number of halogens is 1. The molecule has 0 aliphatic rings. The highest BCUT2D eigenvalue weighted by Gasteiger charge is 2.09. The smallest absolute Gasteiger partial charge is 0.282 e. The van der Waals surface area contributed by atoms with E-state index in [-0.39, 0.29) is 11.5 Å². The minimum Gasteiger partial charge on any atom is -0.369 e. The quantitative estimate of drug-likeness (QED) is 0.751. The number of nitrogens with zero attached hydrogens (tertiary/aromatic N) is 2. The van der Waals surface area contributed by atoms with Crippen molar-refractivity contribution in [3.63, 3.8) is 0 Å². The van der Waals surface area contributed by atoms with Crippen molar-refractivity contribution in [2.24, 2.45) is 0 Å². The number of para-hydroxylation sites is 1. The molecule has 3 aromatic rings. The third-order valence-electron chi connectivity index (χ3n) is 2.91. The van der Waals surface area contributed by atoms with Gasteiger partial charge in [-0.05, 0) is 36.4 Å². The SMILES string of the molecule is Nc1nc(=O)c2ccccc2n1-c1ccc(Br)cc1.